The van der Waals surface area contributed by atoms with Crippen LogP contribution in [0.4, 0.5) is 0 Å². The average Bonchev–Trinajstić information content (AvgIpc) is 2.39. The van der Waals surface area contributed by atoms with Crippen molar-refractivity contribution in [3.63, 3.8) is 0 Å². The summed E-state index contributed by atoms with van der Waals surface area (Å²) in [6.45, 7) is 3.76. The van der Waals surface area contributed by atoms with Crippen molar-refractivity contribution in [1.82, 2.24) is 9.97 Å². The zero-order chi connectivity index (χ0) is 13.8. The van der Waals surface area contributed by atoms with Crippen molar-refractivity contribution < 1.29 is 14.2 Å². The van der Waals surface area contributed by atoms with Crippen LogP contribution in [0.5, 0.6) is 23.3 Å². The van der Waals surface area contributed by atoms with E-state index < -0.39 is 0 Å². The molecule has 0 atom stereocenters. The first-order valence-electron chi connectivity index (χ1n) is 5.85. The van der Waals surface area contributed by atoms with Gasteiger partial charge in [-0.15, -0.1) is 0 Å². The van der Waals surface area contributed by atoms with Crippen molar-refractivity contribution >= 4 is 0 Å². The molecule has 0 spiro atoms. The first kappa shape index (κ1) is 13.1. The fraction of sp³-hybridized carbons (Fsp3) is 0.286. The molecule has 0 fully saturated rings. The molecule has 2 rings (SSSR count). The molecule has 2 aromatic rings. The molecule has 0 unspecified atom stereocenters. The van der Waals surface area contributed by atoms with E-state index in [9.17, 15) is 0 Å². The van der Waals surface area contributed by atoms with E-state index in [2.05, 4.69) is 9.97 Å². The van der Waals surface area contributed by atoms with Crippen molar-refractivity contribution in [3.8, 4) is 23.3 Å². The van der Waals surface area contributed by atoms with E-state index in [4.69, 9.17) is 14.2 Å². The minimum atomic E-state index is 0.374. The molecule has 0 saturated heterocycles. The summed E-state index contributed by atoms with van der Waals surface area (Å²) < 4.78 is 16.2. The number of aryl methyl sites for hydroxylation is 2. The molecule has 2 heterocycles. The van der Waals surface area contributed by atoms with Gasteiger partial charge in [0.2, 0.25) is 0 Å². The van der Waals surface area contributed by atoms with Crippen molar-refractivity contribution in [3.05, 3.63) is 35.7 Å². The second kappa shape index (κ2) is 5.56. The molecule has 0 N–H and O–H groups in total. The number of rotatable bonds is 4. The van der Waals surface area contributed by atoms with Gasteiger partial charge in [0.1, 0.15) is 0 Å². The number of pyridine rings is 2. The van der Waals surface area contributed by atoms with E-state index in [1.54, 1.807) is 26.4 Å². The van der Waals surface area contributed by atoms with E-state index in [1.807, 2.05) is 26.0 Å². The molecule has 100 valence electrons. The number of methoxy groups -OCH3 is 2. The fourth-order valence-electron chi connectivity index (χ4n) is 1.59. The van der Waals surface area contributed by atoms with E-state index in [0.717, 1.165) is 11.4 Å². The summed E-state index contributed by atoms with van der Waals surface area (Å²) >= 11 is 0. The summed E-state index contributed by atoms with van der Waals surface area (Å²) in [4.78, 5) is 8.60. The first-order chi connectivity index (χ1) is 9.13. The van der Waals surface area contributed by atoms with Gasteiger partial charge in [0, 0.05) is 11.4 Å². The van der Waals surface area contributed by atoms with Crippen LogP contribution in [0.3, 0.4) is 0 Å². The quantitative estimate of drug-likeness (QED) is 0.846. The number of aromatic nitrogens is 2. The predicted molar refractivity (Wildman–Crippen MR) is 71.1 cm³/mol. The Balaban J connectivity index is 2.40. The summed E-state index contributed by atoms with van der Waals surface area (Å²) in [5.74, 6) is 1.85. The lowest BCUT2D eigenvalue weighted by atomic mass is 10.3. The van der Waals surface area contributed by atoms with Gasteiger partial charge in [-0.25, -0.2) is 9.97 Å². The van der Waals surface area contributed by atoms with Gasteiger partial charge in [0.05, 0.1) is 14.2 Å². The highest BCUT2D eigenvalue weighted by Crippen LogP contribution is 2.33. The van der Waals surface area contributed by atoms with Gasteiger partial charge in [0.25, 0.3) is 11.8 Å². The van der Waals surface area contributed by atoms with Gasteiger partial charge < -0.3 is 14.2 Å². The second-order valence-corrected chi connectivity index (χ2v) is 4.02. The Kier molecular flexibility index (Phi) is 3.85. The van der Waals surface area contributed by atoms with Gasteiger partial charge in [-0.2, -0.15) is 0 Å². The van der Waals surface area contributed by atoms with Gasteiger partial charge in [-0.1, -0.05) is 0 Å². The van der Waals surface area contributed by atoms with Crippen LogP contribution in [0, 0.1) is 13.8 Å². The van der Waals surface area contributed by atoms with Crippen LogP contribution in [0.1, 0.15) is 11.4 Å². The van der Waals surface area contributed by atoms with Crippen molar-refractivity contribution in [1.29, 1.82) is 0 Å². The normalized spacial score (nSPS) is 10.1. The molecule has 19 heavy (non-hydrogen) atoms. The van der Waals surface area contributed by atoms with Crippen molar-refractivity contribution in [2.75, 3.05) is 14.2 Å². The van der Waals surface area contributed by atoms with Crippen molar-refractivity contribution in [2.24, 2.45) is 0 Å². The number of ether oxygens (including phenoxy) is 3. The van der Waals surface area contributed by atoms with E-state index >= 15 is 0 Å². The molecule has 0 aliphatic heterocycles. The van der Waals surface area contributed by atoms with E-state index in [1.165, 1.54) is 0 Å². The van der Waals surface area contributed by atoms with Gasteiger partial charge in [0.15, 0.2) is 11.5 Å². The van der Waals surface area contributed by atoms with Gasteiger partial charge >= 0.3 is 0 Å². The predicted octanol–water partition coefficient (Wildman–Crippen LogP) is 2.90. The third kappa shape index (κ3) is 2.93. The maximum Gasteiger partial charge on any atom is 0.264 e. The molecule has 5 nitrogen and oxygen atoms in total. The number of hydrogen-bond donors (Lipinski definition) is 0. The highest BCUT2D eigenvalue weighted by Gasteiger charge is 2.13. The maximum absolute atomic E-state index is 5.71. The molecule has 0 aliphatic carbocycles. The summed E-state index contributed by atoms with van der Waals surface area (Å²) in [5.41, 5.74) is 1.67. The Labute approximate surface area is 112 Å². The molecule has 0 radical (unpaired) electrons. The summed E-state index contributed by atoms with van der Waals surface area (Å²) in [6, 6.07) is 7.32. The Morgan fingerprint density at radius 3 is 1.53 bits per heavy atom. The smallest absolute Gasteiger partial charge is 0.264 e. The van der Waals surface area contributed by atoms with Gasteiger partial charge in [-0.3, -0.25) is 0 Å². The Morgan fingerprint density at radius 1 is 0.737 bits per heavy atom. The van der Waals surface area contributed by atoms with Gasteiger partial charge in [-0.05, 0) is 38.1 Å². The SMILES string of the molecule is COc1ccc(C)nc1Oc1nc(C)ccc1OC. The molecule has 0 aliphatic rings. The monoisotopic (exact) mass is 260 g/mol. The van der Waals surface area contributed by atoms with Crippen LogP contribution < -0.4 is 14.2 Å². The molecular formula is C14H16N2O3. The Morgan fingerprint density at radius 2 is 1.16 bits per heavy atom. The van der Waals surface area contributed by atoms with Crippen LogP contribution in [0.15, 0.2) is 24.3 Å². The average molecular weight is 260 g/mol. The maximum atomic E-state index is 5.71. The summed E-state index contributed by atoms with van der Waals surface area (Å²) in [5, 5.41) is 0. The number of hydrogen-bond acceptors (Lipinski definition) is 5. The lowest BCUT2D eigenvalue weighted by Gasteiger charge is -2.11. The highest BCUT2D eigenvalue weighted by molar-refractivity contribution is 5.41. The van der Waals surface area contributed by atoms with Crippen LogP contribution in [0.2, 0.25) is 0 Å². The molecular weight excluding hydrogens is 244 g/mol. The lowest BCUT2D eigenvalue weighted by molar-refractivity contribution is 0.339. The Bertz CT molecular complexity index is 533. The standard InChI is InChI=1S/C14H16N2O3/c1-9-5-7-11(17-3)13(15-9)19-14-12(18-4)8-6-10(2)16-14/h5-8H,1-4H3. The van der Waals surface area contributed by atoms with Crippen molar-refractivity contribution in [2.45, 2.75) is 13.8 Å². The van der Waals surface area contributed by atoms with E-state index in [-0.39, 0.29) is 0 Å². The minimum Gasteiger partial charge on any atom is -0.491 e. The summed E-state index contributed by atoms with van der Waals surface area (Å²) in [7, 11) is 3.14. The Hall–Kier alpha value is -2.30. The van der Waals surface area contributed by atoms with Crippen LogP contribution in [-0.2, 0) is 0 Å². The molecule has 5 heteroatoms. The second-order valence-electron chi connectivity index (χ2n) is 4.02. The topological polar surface area (TPSA) is 53.5 Å². The van der Waals surface area contributed by atoms with Crippen LogP contribution in [-0.4, -0.2) is 24.2 Å². The third-order valence-corrected chi connectivity index (χ3v) is 2.56. The highest BCUT2D eigenvalue weighted by atomic mass is 16.5. The van der Waals surface area contributed by atoms with Crippen LogP contribution >= 0.6 is 0 Å². The molecule has 0 amide bonds. The number of nitrogens with zero attached hydrogens (tertiary/aromatic N) is 2. The zero-order valence-electron chi connectivity index (χ0n) is 11.4. The zero-order valence-corrected chi connectivity index (χ0v) is 11.4. The summed E-state index contributed by atoms with van der Waals surface area (Å²) in [6.07, 6.45) is 0. The lowest BCUT2D eigenvalue weighted by Crippen LogP contribution is -1.99. The first-order valence-corrected chi connectivity index (χ1v) is 5.85. The third-order valence-electron chi connectivity index (χ3n) is 2.56. The largest absolute Gasteiger partial charge is 0.491 e. The molecule has 0 bridgehead atoms. The molecule has 0 saturated carbocycles. The molecule has 0 aromatic carbocycles. The van der Waals surface area contributed by atoms with Crippen LogP contribution in [0.25, 0.3) is 0 Å². The fourth-order valence-corrected chi connectivity index (χ4v) is 1.59. The molecule has 2 aromatic heterocycles. The minimum absolute atomic E-state index is 0.374. The van der Waals surface area contributed by atoms with E-state index in [0.29, 0.717) is 23.3 Å².